The first-order valence-electron chi connectivity index (χ1n) is 7.82. The zero-order valence-electron chi connectivity index (χ0n) is 13.3. The van der Waals surface area contributed by atoms with Crippen LogP contribution < -0.4 is 10.6 Å². The van der Waals surface area contributed by atoms with Crippen LogP contribution in [0.5, 0.6) is 0 Å². The maximum atomic E-state index is 12.5. The van der Waals surface area contributed by atoms with Crippen molar-refractivity contribution in [3.8, 4) is 0 Å². The lowest BCUT2D eigenvalue weighted by atomic mass is 9.90. The summed E-state index contributed by atoms with van der Waals surface area (Å²) >= 11 is 1.60. The van der Waals surface area contributed by atoms with Crippen molar-refractivity contribution < 1.29 is 9.59 Å². The van der Waals surface area contributed by atoms with Crippen LogP contribution in [0.15, 0.2) is 30.3 Å². The predicted octanol–water partition coefficient (Wildman–Crippen LogP) is 4.08. The van der Waals surface area contributed by atoms with Crippen LogP contribution in [0.1, 0.15) is 40.4 Å². The lowest BCUT2D eigenvalue weighted by Gasteiger charge is -2.16. The van der Waals surface area contributed by atoms with Gasteiger partial charge in [0.05, 0.1) is 4.88 Å². The first-order chi connectivity index (χ1) is 11.0. The molecule has 2 aromatic rings. The lowest BCUT2D eigenvalue weighted by molar-refractivity contribution is -0.114. The van der Waals surface area contributed by atoms with Crippen molar-refractivity contribution in [1.29, 1.82) is 0 Å². The molecule has 1 aliphatic rings. The van der Waals surface area contributed by atoms with Gasteiger partial charge in [-0.2, -0.15) is 0 Å². The van der Waals surface area contributed by atoms with Crippen molar-refractivity contribution in [3.05, 3.63) is 45.6 Å². The van der Waals surface area contributed by atoms with Crippen LogP contribution in [0, 0.1) is 5.92 Å². The molecule has 1 aromatic heterocycles. The van der Waals surface area contributed by atoms with Gasteiger partial charge in [-0.1, -0.05) is 13.0 Å². The van der Waals surface area contributed by atoms with Crippen LogP contribution in [0.25, 0.3) is 0 Å². The van der Waals surface area contributed by atoms with Crippen molar-refractivity contribution in [1.82, 2.24) is 0 Å². The molecular formula is C18H20N2O2S. The fraction of sp³-hybridized carbons (Fsp3) is 0.333. The van der Waals surface area contributed by atoms with E-state index in [9.17, 15) is 9.59 Å². The highest BCUT2D eigenvalue weighted by Gasteiger charge is 2.20. The molecule has 0 saturated heterocycles. The standard InChI is InChI=1S/C18H20N2O2S/c1-11-6-7-16-13(8-11)9-17(23-16)18(22)20-15-5-3-4-14(10-15)19-12(2)21/h3-5,9-11H,6-8H2,1-2H3,(H,19,21)(H,20,22)/t11-/m1/s1. The molecule has 1 aromatic carbocycles. The Labute approximate surface area is 139 Å². The quantitative estimate of drug-likeness (QED) is 0.892. The fourth-order valence-corrected chi connectivity index (χ4v) is 3.99. The summed E-state index contributed by atoms with van der Waals surface area (Å²) in [7, 11) is 0. The van der Waals surface area contributed by atoms with Gasteiger partial charge in [0, 0.05) is 23.2 Å². The summed E-state index contributed by atoms with van der Waals surface area (Å²) in [5.74, 6) is 0.480. The number of carbonyl (C=O) groups excluding carboxylic acids is 2. The van der Waals surface area contributed by atoms with Crippen molar-refractivity contribution in [2.24, 2.45) is 5.92 Å². The third kappa shape index (κ3) is 3.79. The van der Waals surface area contributed by atoms with E-state index in [4.69, 9.17) is 0 Å². The Morgan fingerprint density at radius 1 is 1.17 bits per heavy atom. The monoisotopic (exact) mass is 328 g/mol. The normalized spacial score (nSPS) is 16.5. The van der Waals surface area contributed by atoms with E-state index >= 15 is 0 Å². The van der Waals surface area contributed by atoms with Crippen LogP contribution in [0.4, 0.5) is 11.4 Å². The van der Waals surface area contributed by atoms with Gasteiger partial charge in [0.25, 0.3) is 5.91 Å². The zero-order chi connectivity index (χ0) is 16.4. The third-order valence-electron chi connectivity index (χ3n) is 3.99. The maximum absolute atomic E-state index is 12.5. The Balaban J connectivity index is 1.73. The lowest BCUT2D eigenvalue weighted by Crippen LogP contribution is -2.11. The van der Waals surface area contributed by atoms with Crippen LogP contribution in [0.3, 0.4) is 0 Å². The fourth-order valence-electron chi connectivity index (χ4n) is 2.89. The molecule has 0 unspecified atom stereocenters. The second-order valence-electron chi connectivity index (χ2n) is 6.12. The van der Waals surface area contributed by atoms with E-state index in [0.717, 1.165) is 17.7 Å². The number of fused-ring (bicyclic) bond motifs is 1. The molecule has 4 nitrogen and oxygen atoms in total. The highest BCUT2D eigenvalue weighted by atomic mass is 32.1. The largest absolute Gasteiger partial charge is 0.326 e. The number of amides is 2. The number of carbonyl (C=O) groups is 2. The van der Waals surface area contributed by atoms with Crippen molar-refractivity contribution in [3.63, 3.8) is 0 Å². The molecule has 1 heterocycles. The second kappa shape index (κ2) is 6.54. The molecule has 0 spiro atoms. The van der Waals surface area contributed by atoms with Gasteiger partial charge in [-0.05, 0) is 55.0 Å². The van der Waals surface area contributed by atoms with E-state index in [0.29, 0.717) is 17.3 Å². The average Bonchev–Trinajstić information content (AvgIpc) is 2.90. The Hall–Kier alpha value is -2.14. The van der Waals surface area contributed by atoms with Gasteiger partial charge in [-0.3, -0.25) is 9.59 Å². The topological polar surface area (TPSA) is 58.2 Å². The number of aryl methyl sites for hydroxylation is 1. The number of hydrogen-bond acceptors (Lipinski definition) is 3. The van der Waals surface area contributed by atoms with Crippen LogP contribution in [-0.2, 0) is 17.6 Å². The maximum Gasteiger partial charge on any atom is 0.265 e. The number of nitrogens with one attached hydrogen (secondary N) is 2. The molecule has 1 atom stereocenters. The van der Waals surface area contributed by atoms with Crippen LogP contribution in [0.2, 0.25) is 0 Å². The number of benzene rings is 1. The summed E-state index contributed by atoms with van der Waals surface area (Å²) in [5.41, 5.74) is 2.68. The molecule has 0 fully saturated rings. The molecule has 0 bridgehead atoms. The van der Waals surface area contributed by atoms with E-state index in [2.05, 4.69) is 17.6 Å². The zero-order valence-corrected chi connectivity index (χ0v) is 14.1. The summed E-state index contributed by atoms with van der Waals surface area (Å²) < 4.78 is 0. The number of rotatable bonds is 3. The van der Waals surface area contributed by atoms with Gasteiger partial charge in [-0.15, -0.1) is 11.3 Å². The summed E-state index contributed by atoms with van der Waals surface area (Å²) in [6, 6.07) is 9.21. The van der Waals surface area contributed by atoms with E-state index in [1.807, 2.05) is 18.2 Å². The highest BCUT2D eigenvalue weighted by Crippen LogP contribution is 2.32. The van der Waals surface area contributed by atoms with Gasteiger partial charge in [-0.25, -0.2) is 0 Å². The Bertz CT molecular complexity index is 751. The van der Waals surface area contributed by atoms with Gasteiger partial charge >= 0.3 is 0 Å². The minimum Gasteiger partial charge on any atom is -0.326 e. The molecule has 0 radical (unpaired) electrons. The molecule has 2 N–H and O–H groups in total. The molecule has 23 heavy (non-hydrogen) atoms. The molecular weight excluding hydrogens is 308 g/mol. The summed E-state index contributed by atoms with van der Waals surface area (Å²) in [6.45, 7) is 3.72. The summed E-state index contributed by atoms with van der Waals surface area (Å²) in [5, 5.41) is 5.63. The van der Waals surface area contributed by atoms with Crippen LogP contribution >= 0.6 is 11.3 Å². The SMILES string of the molecule is CC(=O)Nc1cccc(NC(=O)c2cc3c(s2)CC[C@@H](C)C3)c1. The van der Waals surface area contributed by atoms with Crippen molar-refractivity contribution in [2.75, 3.05) is 10.6 Å². The molecule has 0 aliphatic heterocycles. The van der Waals surface area contributed by atoms with E-state index in [1.54, 1.807) is 23.5 Å². The van der Waals surface area contributed by atoms with E-state index in [-0.39, 0.29) is 11.8 Å². The second-order valence-corrected chi connectivity index (χ2v) is 7.26. The molecule has 120 valence electrons. The number of thiophene rings is 1. The first kappa shape index (κ1) is 15.7. The molecule has 5 heteroatoms. The minimum atomic E-state index is -0.131. The summed E-state index contributed by atoms with van der Waals surface area (Å²) in [6.07, 6.45) is 3.34. The third-order valence-corrected chi connectivity index (χ3v) is 5.23. The van der Waals surface area contributed by atoms with Crippen LogP contribution in [-0.4, -0.2) is 11.8 Å². The smallest absolute Gasteiger partial charge is 0.265 e. The van der Waals surface area contributed by atoms with Gasteiger partial charge in [0.1, 0.15) is 0 Å². The Kier molecular flexibility index (Phi) is 4.48. The van der Waals surface area contributed by atoms with Crippen molar-refractivity contribution in [2.45, 2.75) is 33.1 Å². The molecule has 1 aliphatic carbocycles. The van der Waals surface area contributed by atoms with E-state index in [1.165, 1.54) is 23.8 Å². The van der Waals surface area contributed by atoms with Crippen molar-refractivity contribution >= 4 is 34.5 Å². The molecule has 0 saturated carbocycles. The first-order valence-corrected chi connectivity index (χ1v) is 8.63. The van der Waals surface area contributed by atoms with Gasteiger partial charge in [0.15, 0.2) is 0 Å². The van der Waals surface area contributed by atoms with E-state index < -0.39 is 0 Å². The predicted molar refractivity (Wildman–Crippen MR) is 94.2 cm³/mol. The van der Waals surface area contributed by atoms with Gasteiger partial charge in [0.2, 0.25) is 5.91 Å². The number of hydrogen-bond donors (Lipinski definition) is 2. The minimum absolute atomic E-state index is 0.0861. The highest BCUT2D eigenvalue weighted by molar-refractivity contribution is 7.14. The Morgan fingerprint density at radius 3 is 2.65 bits per heavy atom. The molecule has 2 amide bonds. The summed E-state index contributed by atoms with van der Waals surface area (Å²) in [4.78, 5) is 25.7. The van der Waals surface area contributed by atoms with Gasteiger partial charge < -0.3 is 10.6 Å². The number of anilines is 2. The Morgan fingerprint density at radius 2 is 1.91 bits per heavy atom. The molecule has 3 rings (SSSR count). The average molecular weight is 328 g/mol.